The number of fused-ring (bicyclic) bond motifs is 2. The molecule has 2 saturated heterocycles. The van der Waals surface area contributed by atoms with Crippen LogP contribution in [-0.4, -0.2) is 91.9 Å². The van der Waals surface area contributed by atoms with Gasteiger partial charge in [-0.3, -0.25) is 14.4 Å². The van der Waals surface area contributed by atoms with E-state index in [1.807, 2.05) is 43.9 Å². The first-order valence-electron chi connectivity index (χ1n) is 12.0. The molecule has 182 valence electrons. The minimum Gasteiger partial charge on any atom is -0.394 e. The van der Waals surface area contributed by atoms with Gasteiger partial charge in [0.2, 0.25) is 17.7 Å². The van der Waals surface area contributed by atoms with Gasteiger partial charge in [0.25, 0.3) is 0 Å². The van der Waals surface area contributed by atoms with Gasteiger partial charge in [0.1, 0.15) is 6.04 Å². The number of carbonyl (C=O) groups excluding carboxylic acids is 3. The number of aliphatic hydroxyl groups excluding tert-OH is 1. The van der Waals surface area contributed by atoms with Gasteiger partial charge in [0.05, 0.1) is 29.2 Å². The summed E-state index contributed by atoms with van der Waals surface area (Å²) in [5, 5.41) is 10.3. The van der Waals surface area contributed by atoms with Crippen LogP contribution in [0.25, 0.3) is 0 Å². The van der Waals surface area contributed by atoms with Crippen LogP contribution in [0.3, 0.4) is 0 Å². The fourth-order valence-corrected chi connectivity index (χ4v) is 8.42. The van der Waals surface area contributed by atoms with Gasteiger partial charge in [0, 0.05) is 30.9 Å². The molecular weight excluding hydrogens is 438 g/mol. The number of hydrogen-bond acceptors (Lipinski definition) is 5. The highest BCUT2D eigenvalue weighted by molar-refractivity contribution is 8.02. The van der Waals surface area contributed by atoms with E-state index in [2.05, 4.69) is 19.9 Å². The molecule has 4 aliphatic rings. The summed E-state index contributed by atoms with van der Waals surface area (Å²) in [6.07, 6.45) is 8.69. The molecule has 1 spiro atoms. The molecule has 0 saturated carbocycles. The molecule has 0 aliphatic carbocycles. The molecule has 1 unspecified atom stereocenters. The van der Waals surface area contributed by atoms with E-state index in [1.54, 1.807) is 28.6 Å². The van der Waals surface area contributed by atoms with Crippen molar-refractivity contribution in [3.63, 3.8) is 0 Å². The lowest BCUT2D eigenvalue weighted by Gasteiger charge is -2.40. The fraction of sp³-hybridized carbons (Fsp3) is 0.720. The average Bonchev–Trinajstić information content (AvgIpc) is 3.01. The second kappa shape index (κ2) is 8.45. The maximum Gasteiger partial charge on any atom is 0.247 e. The van der Waals surface area contributed by atoms with Gasteiger partial charge >= 0.3 is 0 Å². The van der Waals surface area contributed by atoms with Crippen LogP contribution in [-0.2, 0) is 14.4 Å². The summed E-state index contributed by atoms with van der Waals surface area (Å²) in [6, 6.07) is -1.23. The number of aliphatic hydroxyl groups is 1. The van der Waals surface area contributed by atoms with Gasteiger partial charge in [-0.2, -0.15) is 0 Å². The molecule has 0 aromatic heterocycles. The van der Waals surface area contributed by atoms with E-state index in [9.17, 15) is 19.5 Å². The SMILES string of the molecule is CC(C)C[C@H](CO)N1C(=O)[C@@H]2[C@@H]3C(=O)N(C)CC=C[C@]3(C)S[C@@]23C=CCN(C(C)C)C(=O)C13. The van der Waals surface area contributed by atoms with E-state index >= 15 is 0 Å². The third kappa shape index (κ3) is 3.55. The van der Waals surface area contributed by atoms with Crippen LogP contribution in [0.15, 0.2) is 24.3 Å². The highest BCUT2D eigenvalue weighted by Gasteiger charge is 2.74. The molecular formula is C25H37N3O4S. The highest BCUT2D eigenvalue weighted by Crippen LogP contribution is 2.65. The Morgan fingerprint density at radius 2 is 1.70 bits per heavy atom. The summed E-state index contributed by atoms with van der Waals surface area (Å²) >= 11 is 1.59. The Balaban J connectivity index is 1.91. The number of likely N-dealkylation sites (tertiary alicyclic amines) is 1. The first-order valence-corrected chi connectivity index (χ1v) is 12.8. The predicted molar refractivity (Wildman–Crippen MR) is 129 cm³/mol. The summed E-state index contributed by atoms with van der Waals surface area (Å²) in [4.78, 5) is 47.0. The molecule has 0 bridgehead atoms. The molecule has 0 aromatic carbocycles. The maximum atomic E-state index is 14.2. The van der Waals surface area contributed by atoms with Crippen molar-refractivity contribution in [1.82, 2.24) is 14.7 Å². The number of thioether (sulfide) groups is 1. The normalized spacial score (nSPS) is 36.9. The van der Waals surface area contributed by atoms with Gasteiger partial charge in [-0.05, 0) is 33.1 Å². The van der Waals surface area contributed by atoms with Crippen molar-refractivity contribution in [1.29, 1.82) is 0 Å². The molecule has 7 nitrogen and oxygen atoms in total. The second-order valence-corrected chi connectivity index (χ2v) is 12.6. The van der Waals surface area contributed by atoms with Gasteiger partial charge in [-0.25, -0.2) is 0 Å². The van der Waals surface area contributed by atoms with Gasteiger partial charge in [0.15, 0.2) is 0 Å². The van der Waals surface area contributed by atoms with Crippen LogP contribution >= 0.6 is 11.8 Å². The van der Waals surface area contributed by atoms with Crippen LogP contribution in [0.4, 0.5) is 0 Å². The zero-order chi connectivity index (χ0) is 24.3. The quantitative estimate of drug-likeness (QED) is 0.615. The lowest BCUT2D eigenvalue weighted by atomic mass is 9.74. The fourth-order valence-electron chi connectivity index (χ4n) is 6.28. The largest absolute Gasteiger partial charge is 0.394 e. The van der Waals surface area contributed by atoms with Crippen molar-refractivity contribution < 1.29 is 19.5 Å². The van der Waals surface area contributed by atoms with Crippen LogP contribution in [0.1, 0.15) is 41.0 Å². The molecule has 8 heteroatoms. The van der Waals surface area contributed by atoms with E-state index in [0.29, 0.717) is 19.5 Å². The first-order chi connectivity index (χ1) is 15.5. The molecule has 2 fully saturated rings. The predicted octanol–water partition coefficient (Wildman–Crippen LogP) is 1.92. The second-order valence-electron chi connectivity index (χ2n) is 10.8. The number of carbonyl (C=O) groups is 3. The van der Waals surface area contributed by atoms with E-state index in [1.165, 1.54) is 0 Å². The smallest absolute Gasteiger partial charge is 0.247 e. The van der Waals surface area contributed by atoms with Crippen LogP contribution in [0.2, 0.25) is 0 Å². The maximum absolute atomic E-state index is 14.2. The van der Waals surface area contributed by atoms with E-state index in [0.717, 1.165) is 0 Å². The molecule has 0 radical (unpaired) electrons. The summed E-state index contributed by atoms with van der Waals surface area (Å²) in [6.45, 7) is 10.9. The minimum atomic E-state index is -0.847. The molecule has 0 aromatic rings. The Hall–Kier alpha value is -1.80. The van der Waals surface area contributed by atoms with Crippen molar-refractivity contribution in [3.05, 3.63) is 24.3 Å². The average molecular weight is 476 g/mol. The summed E-state index contributed by atoms with van der Waals surface area (Å²) in [5.41, 5.74) is 0. The highest BCUT2D eigenvalue weighted by atomic mass is 32.2. The summed E-state index contributed by atoms with van der Waals surface area (Å²) < 4.78 is -1.43. The Morgan fingerprint density at radius 3 is 2.30 bits per heavy atom. The number of hydrogen-bond donors (Lipinski definition) is 1. The Morgan fingerprint density at radius 1 is 1.03 bits per heavy atom. The minimum absolute atomic E-state index is 0.0221. The molecule has 1 N–H and O–H groups in total. The van der Waals surface area contributed by atoms with Crippen molar-refractivity contribution in [2.24, 2.45) is 17.8 Å². The van der Waals surface area contributed by atoms with Crippen molar-refractivity contribution in [2.45, 2.75) is 68.7 Å². The third-order valence-corrected chi connectivity index (χ3v) is 9.50. The Labute approximate surface area is 201 Å². The number of nitrogens with zero attached hydrogens (tertiary/aromatic N) is 3. The zero-order valence-electron chi connectivity index (χ0n) is 20.5. The van der Waals surface area contributed by atoms with Crippen molar-refractivity contribution in [3.8, 4) is 0 Å². The summed E-state index contributed by atoms with van der Waals surface area (Å²) in [5.74, 6) is -1.29. The Bertz CT molecular complexity index is 902. The standard InChI is InChI=1S/C25H37N3O4S/c1-15(2)13-17(14-29)28-20-23(32)27(16(3)4)12-8-10-25(20)19(22(28)31)18-21(30)26(6)11-7-9-24(18,5)33-25/h7-10,15-20,29H,11-14H2,1-6H3/t17-,18-,19+,20?,24+,25+/m1/s1. The number of rotatable bonds is 5. The lowest BCUT2D eigenvalue weighted by molar-refractivity contribution is -0.147. The monoisotopic (exact) mass is 475 g/mol. The molecule has 33 heavy (non-hydrogen) atoms. The van der Waals surface area contributed by atoms with E-state index in [4.69, 9.17) is 0 Å². The topological polar surface area (TPSA) is 81.2 Å². The third-order valence-electron chi connectivity index (χ3n) is 7.70. The number of likely N-dealkylation sites (N-methyl/N-ethyl adjacent to an activating group) is 1. The molecule has 4 heterocycles. The molecule has 4 aliphatic heterocycles. The Kier molecular flexibility index (Phi) is 6.23. The van der Waals surface area contributed by atoms with Crippen molar-refractivity contribution in [2.75, 3.05) is 26.7 Å². The van der Waals surface area contributed by atoms with E-state index in [-0.39, 0.29) is 36.3 Å². The van der Waals surface area contributed by atoms with Crippen LogP contribution < -0.4 is 0 Å². The van der Waals surface area contributed by atoms with Crippen LogP contribution in [0.5, 0.6) is 0 Å². The first kappa shape index (κ1) is 24.3. The van der Waals surface area contributed by atoms with Crippen LogP contribution in [0, 0.1) is 17.8 Å². The molecule has 3 amide bonds. The van der Waals surface area contributed by atoms with E-state index < -0.39 is 33.4 Å². The van der Waals surface area contributed by atoms with Gasteiger partial charge < -0.3 is 19.8 Å². The molecule has 6 atom stereocenters. The number of amides is 3. The van der Waals surface area contributed by atoms with Crippen molar-refractivity contribution >= 4 is 29.5 Å². The molecule has 4 rings (SSSR count). The summed E-state index contributed by atoms with van der Waals surface area (Å²) in [7, 11) is 1.77. The van der Waals surface area contributed by atoms with Gasteiger partial charge in [-0.1, -0.05) is 38.2 Å². The zero-order valence-corrected chi connectivity index (χ0v) is 21.3. The van der Waals surface area contributed by atoms with Gasteiger partial charge in [-0.15, -0.1) is 11.8 Å². The lowest BCUT2D eigenvalue weighted by Crippen LogP contribution is -2.57.